The number of hydrogen-bond donors (Lipinski definition) is 2. The molecule has 0 radical (unpaired) electrons. The van der Waals surface area contributed by atoms with E-state index in [9.17, 15) is 18.4 Å². The molecule has 7 nitrogen and oxygen atoms in total. The zero-order chi connectivity index (χ0) is 24.8. The van der Waals surface area contributed by atoms with Crippen molar-refractivity contribution in [2.24, 2.45) is 0 Å². The zero-order valence-corrected chi connectivity index (χ0v) is 20.4. The summed E-state index contributed by atoms with van der Waals surface area (Å²) < 4.78 is 29.9. The van der Waals surface area contributed by atoms with Crippen LogP contribution in [0.15, 0.2) is 82.4 Å². The number of hydrogen-bond acceptors (Lipinski definition) is 5. The molecular formula is C24H18BrF2N5O2S. The summed E-state index contributed by atoms with van der Waals surface area (Å²) >= 11 is 4.51. The summed E-state index contributed by atoms with van der Waals surface area (Å²) in [4.78, 5) is 24.8. The van der Waals surface area contributed by atoms with Crippen LogP contribution in [0.1, 0.15) is 16.2 Å². The van der Waals surface area contributed by atoms with Gasteiger partial charge >= 0.3 is 0 Å². The second kappa shape index (κ2) is 11.2. The highest BCUT2D eigenvalue weighted by atomic mass is 79.9. The summed E-state index contributed by atoms with van der Waals surface area (Å²) in [6, 6.07) is 18.6. The Morgan fingerprint density at radius 1 is 0.971 bits per heavy atom. The minimum Gasteiger partial charge on any atom is -0.345 e. The van der Waals surface area contributed by atoms with E-state index in [-0.39, 0.29) is 23.5 Å². The van der Waals surface area contributed by atoms with Crippen LogP contribution < -0.4 is 10.6 Å². The molecule has 0 saturated heterocycles. The van der Waals surface area contributed by atoms with Crippen LogP contribution in [0.5, 0.6) is 0 Å². The number of anilines is 1. The molecule has 0 unspecified atom stereocenters. The molecule has 2 N–H and O–H groups in total. The molecule has 1 heterocycles. The highest BCUT2D eigenvalue weighted by Crippen LogP contribution is 2.24. The molecule has 0 bridgehead atoms. The van der Waals surface area contributed by atoms with Crippen LogP contribution in [0.25, 0.3) is 5.69 Å². The summed E-state index contributed by atoms with van der Waals surface area (Å²) in [7, 11) is 0. The molecule has 0 atom stereocenters. The van der Waals surface area contributed by atoms with Gasteiger partial charge in [-0.05, 0) is 54.6 Å². The molecule has 0 aliphatic rings. The Morgan fingerprint density at radius 3 is 2.49 bits per heavy atom. The van der Waals surface area contributed by atoms with Crippen molar-refractivity contribution in [1.82, 2.24) is 20.1 Å². The molecule has 0 spiro atoms. The molecular weight excluding hydrogens is 540 g/mol. The van der Waals surface area contributed by atoms with E-state index in [1.54, 1.807) is 10.6 Å². The smallest absolute Gasteiger partial charge is 0.251 e. The molecule has 0 fully saturated rings. The predicted octanol–water partition coefficient (Wildman–Crippen LogP) is 4.97. The normalized spacial score (nSPS) is 10.7. The predicted molar refractivity (Wildman–Crippen MR) is 132 cm³/mol. The third-order valence-corrected chi connectivity index (χ3v) is 6.22. The van der Waals surface area contributed by atoms with E-state index in [2.05, 4.69) is 36.8 Å². The van der Waals surface area contributed by atoms with Gasteiger partial charge in [-0.25, -0.2) is 8.78 Å². The van der Waals surface area contributed by atoms with Gasteiger partial charge in [-0.2, -0.15) is 0 Å². The first kappa shape index (κ1) is 24.6. The van der Waals surface area contributed by atoms with Gasteiger partial charge in [0, 0.05) is 15.7 Å². The highest BCUT2D eigenvalue weighted by molar-refractivity contribution is 9.10. The van der Waals surface area contributed by atoms with E-state index < -0.39 is 23.4 Å². The van der Waals surface area contributed by atoms with Crippen LogP contribution in [-0.4, -0.2) is 32.3 Å². The monoisotopic (exact) mass is 557 g/mol. The summed E-state index contributed by atoms with van der Waals surface area (Å²) in [6.07, 6.45) is 0. The SMILES string of the molecule is O=C(CSc1nnc(CNC(=O)c2cccc(F)c2)n1-c1ccc(Br)cc1)Nc1ccccc1F. The van der Waals surface area contributed by atoms with Crippen LogP contribution >= 0.6 is 27.7 Å². The number of nitrogens with zero attached hydrogens (tertiary/aromatic N) is 3. The standard InChI is InChI=1S/C24H18BrF2N5O2S/c25-16-8-10-18(11-9-16)32-21(13-28-23(34)15-4-3-5-17(26)12-15)30-31-24(32)35-14-22(33)29-20-7-2-1-6-19(20)27/h1-12H,13-14H2,(H,28,34)(H,29,33). The fraction of sp³-hybridized carbons (Fsp3) is 0.0833. The number of nitrogens with one attached hydrogen (secondary N) is 2. The molecule has 2 amide bonds. The lowest BCUT2D eigenvalue weighted by Gasteiger charge is -2.11. The quantitative estimate of drug-likeness (QED) is 0.298. The summed E-state index contributed by atoms with van der Waals surface area (Å²) in [5, 5.41) is 14.0. The van der Waals surface area contributed by atoms with Crippen molar-refractivity contribution in [2.75, 3.05) is 11.1 Å². The van der Waals surface area contributed by atoms with E-state index >= 15 is 0 Å². The highest BCUT2D eigenvalue weighted by Gasteiger charge is 2.18. The molecule has 0 aliphatic carbocycles. The number of aromatic nitrogens is 3. The molecule has 4 aromatic rings. The molecule has 3 aromatic carbocycles. The number of carbonyl (C=O) groups excluding carboxylic acids is 2. The fourth-order valence-electron chi connectivity index (χ4n) is 3.13. The lowest BCUT2D eigenvalue weighted by molar-refractivity contribution is -0.113. The van der Waals surface area contributed by atoms with E-state index in [1.165, 1.54) is 36.4 Å². The number of rotatable bonds is 8. The van der Waals surface area contributed by atoms with Crippen LogP contribution in [-0.2, 0) is 11.3 Å². The van der Waals surface area contributed by atoms with Crippen LogP contribution in [0.4, 0.5) is 14.5 Å². The Hall–Kier alpha value is -3.57. The first-order chi connectivity index (χ1) is 16.9. The van der Waals surface area contributed by atoms with Gasteiger partial charge in [-0.15, -0.1) is 10.2 Å². The van der Waals surface area contributed by atoms with Crippen molar-refractivity contribution in [3.63, 3.8) is 0 Å². The second-order valence-electron chi connectivity index (χ2n) is 7.22. The molecule has 0 aliphatic heterocycles. The van der Waals surface area contributed by atoms with E-state index in [0.29, 0.717) is 16.7 Å². The minimum absolute atomic E-state index is 0.0143. The van der Waals surface area contributed by atoms with Crippen LogP contribution in [0.3, 0.4) is 0 Å². The molecule has 11 heteroatoms. The maximum Gasteiger partial charge on any atom is 0.251 e. The maximum absolute atomic E-state index is 13.8. The van der Waals surface area contributed by atoms with Gasteiger partial charge in [0.25, 0.3) is 5.91 Å². The zero-order valence-electron chi connectivity index (χ0n) is 18.0. The van der Waals surface area contributed by atoms with Crippen molar-refractivity contribution in [3.05, 3.63) is 100 Å². The van der Waals surface area contributed by atoms with Crippen molar-refractivity contribution in [2.45, 2.75) is 11.7 Å². The van der Waals surface area contributed by atoms with Crippen molar-refractivity contribution >= 4 is 45.2 Å². The number of carbonyl (C=O) groups is 2. The van der Waals surface area contributed by atoms with Gasteiger partial charge in [0.2, 0.25) is 5.91 Å². The summed E-state index contributed by atoms with van der Waals surface area (Å²) in [5.41, 5.74) is 0.984. The second-order valence-corrected chi connectivity index (χ2v) is 9.08. The Bertz CT molecular complexity index is 1360. The van der Waals surface area contributed by atoms with Gasteiger partial charge in [-0.3, -0.25) is 14.2 Å². The molecule has 0 saturated carbocycles. The first-order valence-electron chi connectivity index (χ1n) is 10.3. The Labute approximate surface area is 212 Å². The molecule has 4 rings (SSSR count). The van der Waals surface area contributed by atoms with E-state index in [1.807, 2.05) is 24.3 Å². The number of para-hydroxylation sites is 1. The fourth-order valence-corrected chi connectivity index (χ4v) is 4.16. The summed E-state index contributed by atoms with van der Waals surface area (Å²) in [6.45, 7) is 0.0143. The van der Waals surface area contributed by atoms with Crippen LogP contribution in [0.2, 0.25) is 0 Å². The molecule has 1 aromatic heterocycles. The van der Waals surface area contributed by atoms with E-state index in [0.717, 1.165) is 22.3 Å². The van der Waals surface area contributed by atoms with Crippen molar-refractivity contribution in [3.8, 4) is 5.69 Å². The third-order valence-electron chi connectivity index (χ3n) is 4.76. The van der Waals surface area contributed by atoms with Crippen LogP contribution in [0, 0.1) is 11.6 Å². The number of halogens is 3. The minimum atomic E-state index is -0.528. The van der Waals surface area contributed by atoms with Gasteiger partial charge in [-0.1, -0.05) is 45.9 Å². The average Bonchev–Trinajstić information content (AvgIpc) is 3.26. The lowest BCUT2D eigenvalue weighted by Crippen LogP contribution is -2.24. The number of amides is 2. The Kier molecular flexibility index (Phi) is 7.88. The van der Waals surface area contributed by atoms with Gasteiger partial charge in [0.15, 0.2) is 11.0 Å². The first-order valence-corrected chi connectivity index (χ1v) is 12.1. The Balaban J connectivity index is 1.51. The number of benzene rings is 3. The van der Waals surface area contributed by atoms with E-state index in [4.69, 9.17) is 0 Å². The third kappa shape index (κ3) is 6.31. The van der Waals surface area contributed by atoms with Crippen molar-refractivity contribution < 1.29 is 18.4 Å². The molecule has 35 heavy (non-hydrogen) atoms. The average molecular weight is 558 g/mol. The summed E-state index contributed by atoms with van der Waals surface area (Å²) in [5.74, 6) is -1.55. The molecule has 178 valence electrons. The largest absolute Gasteiger partial charge is 0.345 e. The lowest BCUT2D eigenvalue weighted by atomic mass is 10.2. The Morgan fingerprint density at radius 2 is 1.74 bits per heavy atom. The van der Waals surface area contributed by atoms with Gasteiger partial charge < -0.3 is 10.6 Å². The van der Waals surface area contributed by atoms with Crippen molar-refractivity contribution in [1.29, 1.82) is 0 Å². The topological polar surface area (TPSA) is 88.9 Å². The van der Waals surface area contributed by atoms with Gasteiger partial charge in [0.1, 0.15) is 11.6 Å². The maximum atomic E-state index is 13.8. The number of thioether (sulfide) groups is 1. The van der Waals surface area contributed by atoms with Gasteiger partial charge in [0.05, 0.1) is 18.0 Å².